The predicted octanol–water partition coefficient (Wildman–Crippen LogP) is 5.52. The average molecular weight is 502 g/mol. The molecule has 1 amide bonds. The molecule has 2 heterocycles. The zero-order valence-electron chi connectivity index (χ0n) is 18.2. The molecule has 0 radical (unpaired) electrons. The number of hydrazone groups is 1. The number of pyridine rings is 2. The lowest BCUT2D eigenvalue weighted by Gasteiger charge is -2.13. The number of rotatable bonds is 7. The summed E-state index contributed by atoms with van der Waals surface area (Å²) in [5, 5.41) is 15.0. The third-order valence-electron chi connectivity index (χ3n) is 4.82. The van der Waals surface area contributed by atoms with Crippen molar-refractivity contribution in [3.8, 4) is 34.3 Å². The predicted molar refractivity (Wildman–Crippen MR) is 135 cm³/mol. The molecule has 4 rings (SSSR count). The van der Waals surface area contributed by atoms with Gasteiger partial charge in [0.25, 0.3) is 5.91 Å². The van der Waals surface area contributed by atoms with E-state index in [1.807, 2.05) is 18.2 Å². The first-order valence-electron chi connectivity index (χ1n) is 10.4. The van der Waals surface area contributed by atoms with E-state index >= 15 is 0 Å². The van der Waals surface area contributed by atoms with Crippen LogP contribution in [0.25, 0.3) is 22.4 Å². The quantitative estimate of drug-likeness (QED) is 0.265. The molecule has 9 heteroatoms. The fourth-order valence-electron chi connectivity index (χ4n) is 3.15. The van der Waals surface area contributed by atoms with Crippen molar-refractivity contribution in [1.29, 1.82) is 5.26 Å². The minimum Gasteiger partial charge on any atom is -0.467 e. The van der Waals surface area contributed by atoms with Crippen molar-refractivity contribution in [2.75, 3.05) is 6.61 Å². The number of hydrogen-bond donors (Lipinski definition) is 1. The maximum absolute atomic E-state index is 12.3. The van der Waals surface area contributed by atoms with E-state index in [-0.39, 0.29) is 11.4 Å². The molecular weight excluding hydrogens is 485 g/mol. The van der Waals surface area contributed by atoms with Crippen LogP contribution in [0.5, 0.6) is 5.88 Å². The van der Waals surface area contributed by atoms with E-state index in [0.717, 1.165) is 11.1 Å². The van der Waals surface area contributed by atoms with Gasteiger partial charge in [-0.3, -0.25) is 9.78 Å². The molecule has 0 fully saturated rings. The van der Waals surface area contributed by atoms with Crippen LogP contribution in [0.4, 0.5) is 0 Å². The number of benzene rings is 2. The number of hydrogen-bond acceptors (Lipinski definition) is 6. The minimum absolute atomic E-state index is 0.0237. The number of aromatic nitrogens is 2. The minimum atomic E-state index is -0.513. The number of ether oxygens (including phenoxy) is 1. The van der Waals surface area contributed by atoms with Gasteiger partial charge in [-0.2, -0.15) is 10.4 Å². The Morgan fingerprint density at radius 2 is 1.77 bits per heavy atom. The molecule has 35 heavy (non-hydrogen) atoms. The monoisotopic (exact) mass is 501 g/mol. The molecule has 7 nitrogen and oxygen atoms in total. The molecule has 2 aromatic heterocycles. The lowest BCUT2D eigenvalue weighted by Crippen LogP contribution is -2.25. The van der Waals surface area contributed by atoms with Crippen LogP contribution < -0.4 is 10.2 Å². The van der Waals surface area contributed by atoms with Crippen molar-refractivity contribution < 1.29 is 9.53 Å². The number of nitrogens with one attached hydrogen (secondary N) is 1. The zero-order chi connectivity index (χ0) is 24.6. The standard InChI is InChI=1S/C26H17Cl2N5O2/c27-20-7-3-17(4-8-20)14-31-33-25(34)16-35-26-23(13-29)22(19-2-1-11-30-15-19)12-24(32-26)18-5-9-21(28)10-6-18/h1-12,14-15H,16H2,(H,33,34)/b31-14+. The SMILES string of the molecule is N#Cc1c(-c2cccnc2)cc(-c2ccc(Cl)cc2)nc1OCC(=O)N/N=C/c1ccc(Cl)cc1. The fourth-order valence-corrected chi connectivity index (χ4v) is 3.40. The highest BCUT2D eigenvalue weighted by molar-refractivity contribution is 6.30. The highest BCUT2D eigenvalue weighted by atomic mass is 35.5. The molecular formula is C26H17Cl2N5O2. The molecule has 0 saturated carbocycles. The Morgan fingerprint density at radius 1 is 1.06 bits per heavy atom. The first kappa shape index (κ1) is 23.9. The third kappa shape index (κ3) is 6.21. The van der Waals surface area contributed by atoms with Crippen molar-refractivity contribution in [3.63, 3.8) is 0 Å². The fraction of sp³-hybridized carbons (Fsp3) is 0.0385. The number of nitrogens with zero attached hydrogens (tertiary/aromatic N) is 4. The summed E-state index contributed by atoms with van der Waals surface area (Å²) in [6.45, 7) is -0.393. The molecule has 0 saturated heterocycles. The summed E-state index contributed by atoms with van der Waals surface area (Å²) in [4.78, 5) is 20.9. The second-order valence-corrected chi connectivity index (χ2v) is 8.10. The van der Waals surface area contributed by atoms with Gasteiger partial charge in [0.15, 0.2) is 6.61 Å². The molecule has 0 aliphatic heterocycles. The number of amides is 1. The Morgan fingerprint density at radius 3 is 2.43 bits per heavy atom. The normalized spacial score (nSPS) is 10.7. The largest absolute Gasteiger partial charge is 0.467 e. The van der Waals surface area contributed by atoms with E-state index in [4.69, 9.17) is 27.9 Å². The van der Waals surface area contributed by atoms with Crippen molar-refractivity contribution in [2.24, 2.45) is 5.10 Å². The Balaban J connectivity index is 1.58. The van der Waals surface area contributed by atoms with Gasteiger partial charge >= 0.3 is 0 Å². The second-order valence-electron chi connectivity index (χ2n) is 7.23. The maximum Gasteiger partial charge on any atom is 0.278 e. The molecule has 2 aromatic carbocycles. The molecule has 172 valence electrons. The van der Waals surface area contributed by atoms with E-state index in [2.05, 4.69) is 26.6 Å². The first-order chi connectivity index (χ1) is 17.0. The smallest absolute Gasteiger partial charge is 0.278 e. The summed E-state index contributed by atoms with van der Waals surface area (Å²) in [5.74, 6) is -0.489. The Labute approximate surface area is 211 Å². The molecule has 0 aliphatic carbocycles. The highest BCUT2D eigenvalue weighted by Gasteiger charge is 2.18. The summed E-state index contributed by atoms with van der Waals surface area (Å²) in [6.07, 6.45) is 4.77. The van der Waals surface area contributed by atoms with Crippen LogP contribution in [0, 0.1) is 11.3 Å². The molecule has 1 N–H and O–H groups in total. The molecule has 0 spiro atoms. The average Bonchev–Trinajstić information content (AvgIpc) is 2.89. The van der Waals surface area contributed by atoms with Gasteiger partial charge in [-0.1, -0.05) is 53.5 Å². The molecule has 0 unspecified atom stereocenters. The van der Waals surface area contributed by atoms with Crippen LogP contribution in [0.15, 0.2) is 84.2 Å². The lowest BCUT2D eigenvalue weighted by molar-refractivity contribution is -0.123. The van der Waals surface area contributed by atoms with E-state index < -0.39 is 12.5 Å². The topological polar surface area (TPSA) is 100 Å². The molecule has 4 aromatic rings. The van der Waals surface area contributed by atoms with Crippen LogP contribution in [0.2, 0.25) is 10.0 Å². The third-order valence-corrected chi connectivity index (χ3v) is 5.33. The van der Waals surface area contributed by atoms with Gasteiger partial charge in [0.1, 0.15) is 11.6 Å². The van der Waals surface area contributed by atoms with E-state index in [1.165, 1.54) is 6.21 Å². The summed E-state index contributed by atoms with van der Waals surface area (Å²) in [7, 11) is 0. The van der Waals surface area contributed by atoms with Crippen LogP contribution in [0.3, 0.4) is 0 Å². The number of carbonyl (C=O) groups excluding carboxylic acids is 1. The Hall–Kier alpha value is -4.25. The van der Waals surface area contributed by atoms with Gasteiger partial charge in [-0.25, -0.2) is 10.4 Å². The van der Waals surface area contributed by atoms with E-state index in [0.29, 0.717) is 26.9 Å². The van der Waals surface area contributed by atoms with Gasteiger partial charge in [-0.15, -0.1) is 0 Å². The van der Waals surface area contributed by atoms with Crippen molar-refractivity contribution in [1.82, 2.24) is 15.4 Å². The van der Waals surface area contributed by atoms with Gasteiger partial charge in [-0.05, 0) is 42.0 Å². The summed E-state index contributed by atoms with van der Waals surface area (Å²) < 4.78 is 5.67. The van der Waals surface area contributed by atoms with Crippen molar-refractivity contribution in [2.45, 2.75) is 0 Å². The highest BCUT2D eigenvalue weighted by Crippen LogP contribution is 2.33. The molecule has 0 bridgehead atoms. The zero-order valence-corrected chi connectivity index (χ0v) is 19.7. The number of nitriles is 1. The maximum atomic E-state index is 12.3. The summed E-state index contributed by atoms with van der Waals surface area (Å²) in [6, 6.07) is 21.6. The molecule has 0 atom stereocenters. The van der Waals surface area contributed by atoms with Gasteiger partial charge in [0.05, 0.1) is 11.9 Å². The second kappa shape index (κ2) is 11.3. The van der Waals surface area contributed by atoms with Gasteiger partial charge < -0.3 is 4.74 Å². The Kier molecular flexibility index (Phi) is 7.68. The van der Waals surface area contributed by atoms with Crippen LogP contribution in [0.1, 0.15) is 11.1 Å². The van der Waals surface area contributed by atoms with Crippen molar-refractivity contribution >= 4 is 35.3 Å². The van der Waals surface area contributed by atoms with Crippen LogP contribution in [-0.2, 0) is 4.79 Å². The first-order valence-corrected chi connectivity index (χ1v) is 11.1. The Bertz CT molecular complexity index is 1400. The van der Waals surface area contributed by atoms with Gasteiger partial charge in [0, 0.05) is 39.1 Å². The molecule has 0 aliphatic rings. The van der Waals surface area contributed by atoms with Crippen molar-refractivity contribution in [3.05, 3.63) is 100 Å². The van der Waals surface area contributed by atoms with E-state index in [1.54, 1.807) is 60.9 Å². The van der Waals surface area contributed by atoms with Crippen LogP contribution in [-0.4, -0.2) is 28.7 Å². The summed E-state index contributed by atoms with van der Waals surface area (Å²) in [5.41, 5.74) is 5.96. The number of halogens is 2. The summed E-state index contributed by atoms with van der Waals surface area (Å²) >= 11 is 11.9. The lowest BCUT2D eigenvalue weighted by atomic mass is 10.00. The number of carbonyl (C=O) groups is 1. The van der Waals surface area contributed by atoms with E-state index in [9.17, 15) is 10.1 Å². The van der Waals surface area contributed by atoms with Crippen LogP contribution >= 0.6 is 23.2 Å². The van der Waals surface area contributed by atoms with Gasteiger partial charge in [0.2, 0.25) is 5.88 Å².